The van der Waals surface area contributed by atoms with Gasteiger partial charge in [-0.15, -0.1) is 0 Å². The Bertz CT molecular complexity index is 789. The van der Waals surface area contributed by atoms with E-state index in [1.165, 1.54) is 6.92 Å². The standard InChI is InChI=1S/C22H28O7/c1-7-12(3)21(25)28-17-9-11(2)8-16(24)10-13(4)19(27-15(6)23)20-18(17)14(5)22(26)29-20/h7-8,16-20,24H,4-5,9-10H2,1-3,6H3. The van der Waals surface area contributed by atoms with Crippen molar-refractivity contribution >= 4 is 17.9 Å². The van der Waals surface area contributed by atoms with Crippen molar-refractivity contribution < 1.29 is 33.7 Å². The molecule has 0 aromatic heterocycles. The number of fused-ring (bicyclic) bond motifs is 1. The summed E-state index contributed by atoms with van der Waals surface area (Å²) < 4.78 is 16.6. The third-order valence-corrected chi connectivity index (χ3v) is 5.14. The Morgan fingerprint density at radius 3 is 2.48 bits per heavy atom. The van der Waals surface area contributed by atoms with E-state index in [1.807, 2.05) is 0 Å². The van der Waals surface area contributed by atoms with Gasteiger partial charge in [-0.25, -0.2) is 9.59 Å². The Kier molecular flexibility index (Phi) is 7.19. The Morgan fingerprint density at radius 1 is 1.24 bits per heavy atom. The molecule has 29 heavy (non-hydrogen) atoms. The van der Waals surface area contributed by atoms with Crippen molar-refractivity contribution in [1.82, 2.24) is 0 Å². The summed E-state index contributed by atoms with van der Waals surface area (Å²) in [7, 11) is 0. The van der Waals surface area contributed by atoms with Crippen LogP contribution in [0.5, 0.6) is 0 Å². The molecule has 0 bridgehead atoms. The van der Waals surface area contributed by atoms with Crippen LogP contribution in [0.3, 0.4) is 0 Å². The number of ether oxygens (including phenoxy) is 3. The molecule has 0 radical (unpaired) electrons. The number of hydrogen-bond donors (Lipinski definition) is 1. The van der Waals surface area contributed by atoms with Crippen LogP contribution in [-0.4, -0.2) is 47.4 Å². The van der Waals surface area contributed by atoms with Gasteiger partial charge in [0.15, 0.2) is 12.2 Å². The van der Waals surface area contributed by atoms with Gasteiger partial charge in [-0.1, -0.05) is 30.9 Å². The summed E-state index contributed by atoms with van der Waals surface area (Å²) in [6, 6.07) is 0. The lowest BCUT2D eigenvalue weighted by Gasteiger charge is -2.33. The molecular formula is C22H28O7. The van der Waals surface area contributed by atoms with Gasteiger partial charge in [0, 0.05) is 30.9 Å². The van der Waals surface area contributed by atoms with E-state index < -0.39 is 48.2 Å². The maximum atomic E-state index is 12.4. The van der Waals surface area contributed by atoms with Gasteiger partial charge in [0.05, 0.1) is 12.0 Å². The molecule has 0 spiro atoms. The number of allylic oxidation sites excluding steroid dienone is 1. The van der Waals surface area contributed by atoms with Crippen molar-refractivity contribution in [2.75, 3.05) is 0 Å². The second-order valence-electron chi connectivity index (χ2n) is 7.51. The number of carbonyl (C=O) groups is 3. The minimum absolute atomic E-state index is 0.130. The number of rotatable bonds is 3. The van der Waals surface area contributed by atoms with Crippen LogP contribution in [0, 0.1) is 5.92 Å². The summed E-state index contributed by atoms with van der Waals surface area (Å²) in [5, 5.41) is 10.3. The zero-order valence-electron chi connectivity index (χ0n) is 17.3. The van der Waals surface area contributed by atoms with E-state index in [4.69, 9.17) is 14.2 Å². The molecule has 2 aliphatic rings. The third kappa shape index (κ3) is 5.23. The first kappa shape index (κ1) is 22.6. The van der Waals surface area contributed by atoms with Crippen LogP contribution in [-0.2, 0) is 28.6 Å². The highest BCUT2D eigenvalue weighted by Crippen LogP contribution is 2.39. The van der Waals surface area contributed by atoms with Gasteiger partial charge in [0.1, 0.15) is 6.10 Å². The van der Waals surface area contributed by atoms with Gasteiger partial charge in [0.2, 0.25) is 0 Å². The van der Waals surface area contributed by atoms with Crippen molar-refractivity contribution in [2.45, 2.75) is 65.0 Å². The van der Waals surface area contributed by atoms with Crippen molar-refractivity contribution in [3.8, 4) is 0 Å². The zero-order valence-corrected chi connectivity index (χ0v) is 17.3. The number of aliphatic hydroxyl groups excluding tert-OH is 1. The molecule has 1 fully saturated rings. The van der Waals surface area contributed by atoms with Crippen LogP contribution in [0.25, 0.3) is 0 Å². The fourth-order valence-corrected chi connectivity index (χ4v) is 3.60. The van der Waals surface area contributed by atoms with E-state index in [2.05, 4.69) is 13.2 Å². The zero-order chi connectivity index (χ0) is 21.9. The molecule has 1 aliphatic carbocycles. The Labute approximate surface area is 170 Å². The Morgan fingerprint density at radius 2 is 1.90 bits per heavy atom. The van der Waals surface area contributed by atoms with Crippen LogP contribution in [0.4, 0.5) is 0 Å². The quantitative estimate of drug-likeness (QED) is 0.334. The molecule has 0 amide bonds. The monoisotopic (exact) mass is 404 g/mol. The van der Waals surface area contributed by atoms with Crippen LogP contribution in [0.15, 0.2) is 47.6 Å². The van der Waals surface area contributed by atoms with E-state index in [0.717, 1.165) is 5.57 Å². The smallest absolute Gasteiger partial charge is 0.334 e. The first-order valence-electron chi connectivity index (χ1n) is 9.49. The fourth-order valence-electron chi connectivity index (χ4n) is 3.60. The van der Waals surface area contributed by atoms with E-state index in [9.17, 15) is 19.5 Å². The minimum Gasteiger partial charge on any atom is -0.458 e. The summed E-state index contributed by atoms with van der Waals surface area (Å²) in [6.07, 6.45) is 0.0426. The van der Waals surface area contributed by atoms with E-state index in [1.54, 1.807) is 32.9 Å². The largest absolute Gasteiger partial charge is 0.458 e. The van der Waals surface area contributed by atoms with E-state index >= 15 is 0 Å². The number of hydrogen-bond acceptors (Lipinski definition) is 7. The predicted molar refractivity (Wildman–Crippen MR) is 106 cm³/mol. The summed E-state index contributed by atoms with van der Waals surface area (Å²) in [5.74, 6) is -2.48. The molecule has 0 aromatic carbocycles. The second kappa shape index (κ2) is 9.22. The lowest BCUT2D eigenvalue weighted by molar-refractivity contribution is -0.162. The van der Waals surface area contributed by atoms with Crippen LogP contribution < -0.4 is 0 Å². The topological polar surface area (TPSA) is 99.1 Å². The fraction of sp³-hybridized carbons (Fsp3) is 0.500. The highest BCUT2D eigenvalue weighted by atomic mass is 16.6. The van der Waals surface area contributed by atoms with Crippen LogP contribution in [0.2, 0.25) is 0 Å². The molecule has 1 saturated heterocycles. The number of carbonyl (C=O) groups excluding carboxylic acids is 3. The molecule has 2 rings (SSSR count). The van der Waals surface area contributed by atoms with Gasteiger partial charge >= 0.3 is 17.9 Å². The molecule has 5 unspecified atom stereocenters. The van der Waals surface area contributed by atoms with Crippen LogP contribution >= 0.6 is 0 Å². The Hall–Kier alpha value is -2.67. The molecule has 1 N–H and O–H groups in total. The second-order valence-corrected chi connectivity index (χ2v) is 7.51. The average molecular weight is 404 g/mol. The Balaban J connectivity index is 2.54. The first-order valence-corrected chi connectivity index (χ1v) is 9.49. The van der Waals surface area contributed by atoms with Crippen LogP contribution in [0.1, 0.15) is 40.5 Å². The van der Waals surface area contributed by atoms with Gasteiger partial charge in [0.25, 0.3) is 0 Å². The van der Waals surface area contributed by atoms with Gasteiger partial charge in [-0.2, -0.15) is 0 Å². The molecule has 1 heterocycles. The third-order valence-electron chi connectivity index (χ3n) is 5.14. The van der Waals surface area contributed by atoms with E-state index in [-0.39, 0.29) is 18.4 Å². The molecule has 5 atom stereocenters. The molecule has 1 aliphatic heterocycles. The molecular weight excluding hydrogens is 376 g/mol. The molecule has 7 heteroatoms. The number of esters is 3. The van der Waals surface area contributed by atoms with Crippen molar-refractivity contribution in [3.05, 3.63) is 47.6 Å². The molecule has 158 valence electrons. The van der Waals surface area contributed by atoms with Gasteiger partial charge in [-0.05, 0) is 26.3 Å². The predicted octanol–water partition coefficient (Wildman–Crippen LogP) is 2.55. The molecule has 0 aromatic rings. The highest BCUT2D eigenvalue weighted by Gasteiger charge is 2.50. The minimum atomic E-state index is -0.994. The summed E-state index contributed by atoms with van der Waals surface area (Å²) >= 11 is 0. The highest BCUT2D eigenvalue weighted by molar-refractivity contribution is 5.92. The lowest BCUT2D eigenvalue weighted by Crippen LogP contribution is -2.43. The average Bonchev–Trinajstić information content (AvgIpc) is 2.91. The SMILES string of the molecule is C=C1CC(O)C=C(C)CC(OC(=O)C(C)=CC)C2C(=C)C(=O)OC2C1OC(C)=O. The van der Waals surface area contributed by atoms with Gasteiger partial charge in [-0.3, -0.25) is 4.79 Å². The van der Waals surface area contributed by atoms with Gasteiger partial charge < -0.3 is 19.3 Å². The number of aliphatic hydroxyl groups is 1. The summed E-state index contributed by atoms with van der Waals surface area (Å²) in [6.45, 7) is 14.1. The normalized spacial score (nSPS) is 30.8. The lowest BCUT2D eigenvalue weighted by atomic mass is 9.81. The van der Waals surface area contributed by atoms with E-state index in [0.29, 0.717) is 11.1 Å². The van der Waals surface area contributed by atoms with Crippen molar-refractivity contribution in [1.29, 1.82) is 0 Å². The molecule has 7 nitrogen and oxygen atoms in total. The first-order chi connectivity index (χ1) is 13.5. The molecule has 0 saturated carbocycles. The summed E-state index contributed by atoms with van der Waals surface area (Å²) in [5.41, 5.74) is 1.73. The van der Waals surface area contributed by atoms with Crippen molar-refractivity contribution in [3.63, 3.8) is 0 Å². The maximum Gasteiger partial charge on any atom is 0.334 e. The maximum absolute atomic E-state index is 12.4. The van der Waals surface area contributed by atoms with Crippen molar-refractivity contribution in [2.24, 2.45) is 5.92 Å². The summed E-state index contributed by atoms with van der Waals surface area (Å²) in [4.78, 5) is 36.5.